The van der Waals surface area contributed by atoms with E-state index in [0.29, 0.717) is 11.1 Å². The summed E-state index contributed by atoms with van der Waals surface area (Å²) in [6, 6.07) is 6.38. The Balaban J connectivity index is 2.39. The quantitative estimate of drug-likeness (QED) is 0.684. The highest BCUT2D eigenvalue weighted by atomic mass is 16.6. The Labute approximate surface area is 115 Å². The van der Waals surface area contributed by atoms with Crippen molar-refractivity contribution in [2.75, 3.05) is 0 Å². The summed E-state index contributed by atoms with van der Waals surface area (Å²) in [5.41, 5.74) is 2.11. The van der Waals surface area contributed by atoms with Crippen molar-refractivity contribution in [2.24, 2.45) is 0 Å². The number of benzene rings is 1. The zero-order chi connectivity index (χ0) is 14.7. The maximum absolute atomic E-state index is 11.0. The second-order valence-corrected chi connectivity index (χ2v) is 4.45. The van der Waals surface area contributed by atoms with Gasteiger partial charge in [0.15, 0.2) is 0 Å². The average molecular weight is 274 g/mol. The normalized spacial score (nSPS) is 10.3. The largest absolute Gasteiger partial charge is 0.432 e. The number of aliphatic hydroxyl groups excluding tert-OH is 1. The molecule has 0 saturated heterocycles. The number of aromatic nitrogens is 1. The van der Waals surface area contributed by atoms with E-state index >= 15 is 0 Å². The van der Waals surface area contributed by atoms with Crippen LogP contribution in [0.4, 0.5) is 5.69 Å². The van der Waals surface area contributed by atoms with Gasteiger partial charge < -0.3 is 9.84 Å². The minimum absolute atomic E-state index is 0.108. The van der Waals surface area contributed by atoms with Crippen molar-refractivity contribution in [1.82, 2.24) is 4.98 Å². The first-order valence-electron chi connectivity index (χ1n) is 6.00. The molecule has 0 aliphatic rings. The Morgan fingerprint density at radius 3 is 2.70 bits per heavy atom. The number of rotatable bonds is 4. The molecule has 0 aliphatic carbocycles. The van der Waals surface area contributed by atoms with Crippen molar-refractivity contribution in [3.05, 3.63) is 57.3 Å². The predicted octanol–water partition coefficient (Wildman–Crippen LogP) is 2.89. The highest BCUT2D eigenvalue weighted by Crippen LogP contribution is 2.32. The van der Waals surface area contributed by atoms with Gasteiger partial charge in [0.1, 0.15) is 0 Å². The lowest BCUT2D eigenvalue weighted by Crippen LogP contribution is -1.98. The third kappa shape index (κ3) is 2.92. The lowest BCUT2D eigenvalue weighted by molar-refractivity contribution is -0.385. The summed E-state index contributed by atoms with van der Waals surface area (Å²) >= 11 is 0. The maximum Gasteiger partial charge on any atom is 0.311 e. The molecule has 6 nitrogen and oxygen atoms in total. The molecular weight excluding hydrogens is 260 g/mol. The van der Waals surface area contributed by atoms with Crippen molar-refractivity contribution in [3.63, 3.8) is 0 Å². The van der Waals surface area contributed by atoms with Gasteiger partial charge in [0.05, 0.1) is 11.5 Å². The molecule has 2 rings (SSSR count). The van der Waals surface area contributed by atoms with Crippen molar-refractivity contribution in [1.29, 1.82) is 0 Å². The summed E-state index contributed by atoms with van der Waals surface area (Å²) in [4.78, 5) is 14.6. The van der Waals surface area contributed by atoms with Gasteiger partial charge in [-0.25, -0.2) is 4.98 Å². The number of nitrogens with zero attached hydrogens (tertiary/aromatic N) is 2. The standard InChI is InChI=1S/C14H14N2O4/c1-9-3-4-12(16(18)19)13(5-9)20-14-10(2)6-11(8-17)7-15-14/h3-7,17H,8H2,1-2H3. The van der Waals surface area contributed by atoms with Gasteiger partial charge in [0.2, 0.25) is 11.6 Å². The zero-order valence-corrected chi connectivity index (χ0v) is 11.2. The van der Waals surface area contributed by atoms with E-state index in [1.165, 1.54) is 12.3 Å². The minimum atomic E-state index is -0.494. The molecule has 0 spiro atoms. The van der Waals surface area contributed by atoms with Crippen LogP contribution in [-0.4, -0.2) is 15.0 Å². The lowest BCUT2D eigenvalue weighted by Gasteiger charge is -2.09. The van der Waals surface area contributed by atoms with E-state index in [1.54, 1.807) is 25.1 Å². The second kappa shape index (κ2) is 5.66. The van der Waals surface area contributed by atoms with Crippen LogP contribution in [0, 0.1) is 24.0 Å². The number of hydrogen-bond acceptors (Lipinski definition) is 5. The number of nitro benzene ring substituents is 1. The summed E-state index contributed by atoms with van der Waals surface area (Å²) in [7, 11) is 0. The molecule has 6 heteroatoms. The summed E-state index contributed by atoms with van der Waals surface area (Å²) < 4.78 is 5.55. The van der Waals surface area contributed by atoms with Crippen LogP contribution in [0.5, 0.6) is 11.6 Å². The van der Waals surface area contributed by atoms with E-state index in [9.17, 15) is 10.1 Å². The molecule has 0 bridgehead atoms. The Hall–Kier alpha value is -2.47. The number of pyridine rings is 1. The first-order chi connectivity index (χ1) is 9.51. The zero-order valence-electron chi connectivity index (χ0n) is 11.2. The van der Waals surface area contributed by atoms with Gasteiger partial charge in [-0.1, -0.05) is 6.07 Å². The fourth-order valence-corrected chi connectivity index (χ4v) is 1.77. The Bertz CT molecular complexity index is 656. The molecule has 0 saturated carbocycles. The van der Waals surface area contributed by atoms with Crippen LogP contribution in [0.2, 0.25) is 0 Å². The van der Waals surface area contributed by atoms with Crippen LogP contribution < -0.4 is 4.74 Å². The van der Waals surface area contributed by atoms with Crippen molar-refractivity contribution in [2.45, 2.75) is 20.5 Å². The highest BCUT2D eigenvalue weighted by Gasteiger charge is 2.17. The third-order valence-corrected chi connectivity index (χ3v) is 2.79. The van der Waals surface area contributed by atoms with E-state index < -0.39 is 4.92 Å². The van der Waals surface area contributed by atoms with Crippen LogP contribution in [0.25, 0.3) is 0 Å². The SMILES string of the molecule is Cc1ccc([N+](=O)[O-])c(Oc2ncc(CO)cc2C)c1. The fraction of sp³-hybridized carbons (Fsp3) is 0.214. The van der Waals surface area contributed by atoms with Crippen molar-refractivity contribution < 1.29 is 14.8 Å². The van der Waals surface area contributed by atoms with Gasteiger partial charge in [0.25, 0.3) is 0 Å². The molecule has 1 aromatic heterocycles. The predicted molar refractivity (Wildman–Crippen MR) is 72.8 cm³/mol. The maximum atomic E-state index is 11.0. The number of hydrogen-bond donors (Lipinski definition) is 1. The summed E-state index contributed by atoms with van der Waals surface area (Å²) in [5.74, 6) is 0.443. The second-order valence-electron chi connectivity index (χ2n) is 4.45. The van der Waals surface area contributed by atoms with E-state index in [0.717, 1.165) is 5.56 Å². The lowest BCUT2D eigenvalue weighted by atomic mass is 10.2. The van der Waals surface area contributed by atoms with Gasteiger partial charge in [-0.15, -0.1) is 0 Å². The van der Waals surface area contributed by atoms with Gasteiger partial charge in [-0.2, -0.15) is 0 Å². The summed E-state index contributed by atoms with van der Waals surface area (Å²) in [6.07, 6.45) is 1.48. The average Bonchev–Trinajstić information content (AvgIpc) is 2.40. The Morgan fingerprint density at radius 1 is 1.35 bits per heavy atom. The molecule has 0 atom stereocenters. The number of nitro groups is 1. The molecule has 0 radical (unpaired) electrons. The summed E-state index contributed by atoms with van der Waals surface area (Å²) in [6.45, 7) is 3.48. The molecule has 0 aliphatic heterocycles. The first kappa shape index (κ1) is 14.0. The molecular formula is C14H14N2O4. The van der Waals surface area contributed by atoms with E-state index in [1.807, 2.05) is 6.92 Å². The Kier molecular flexibility index (Phi) is 3.95. The van der Waals surface area contributed by atoms with Gasteiger partial charge in [-0.05, 0) is 37.1 Å². The molecule has 20 heavy (non-hydrogen) atoms. The highest BCUT2D eigenvalue weighted by molar-refractivity contribution is 5.50. The monoisotopic (exact) mass is 274 g/mol. The van der Waals surface area contributed by atoms with Crippen LogP contribution in [0.3, 0.4) is 0 Å². The van der Waals surface area contributed by atoms with Crippen molar-refractivity contribution >= 4 is 5.69 Å². The van der Waals surface area contributed by atoms with Crippen LogP contribution in [0.15, 0.2) is 30.5 Å². The van der Waals surface area contributed by atoms with E-state index in [2.05, 4.69) is 4.98 Å². The molecule has 0 fully saturated rings. The van der Waals surface area contributed by atoms with Gasteiger partial charge in [-0.3, -0.25) is 10.1 Å². The molecule has 104 valence electrons. The molecule has 1 N–H and O–H groups in total. The van der Waals surface area contributed by atoms with Gasteiger partial charge >= 0.3 is 5.69 Å². The van der Waals surface area contributed by atoms with E-state index in [-0.39, 0.29) is 23.9 Å². The summed E-state index contributed by atoms with van der Waals surface area (Å²) in [5, 5.41) is 20.0. The topological polar surface area (TPSA) is 85.5 Å². The smallest absolute Gasteiger partial charge is 0.311 e. The molecule has 1 heterocycles. The van der Waals surface area contributed by atoms with Crippen molar-refractivity contribution in [3.8, 4) is 11.6 Å². The number of aliphatic hydroxyl groups is 1. The number of aryl methyl sites for hydroxylation is 2. The Morgan fingerprint density at radius 2 is 2.10 bits per heavy atom. The van der Waals surface area contributed by atoms with E-state index in [4.69, 9.17) is 9.84 Å². The molecule has 1 aromatic carbocycles. The molecule has 0 unspecified atom stereocenters. The fourth-order valence-electron chi connectivity index (χ4n) is 1.77. The van der Waals surface area contributed by atoms with Crippen LogP contribution in [-0.2, 0) is 6.61 Å². The van der Waals surface area contributed by atoms with Crippen LogP contribution >= 0.6 is 0 Å². The third-order valence-electron chi connectivity index (χ3n) is 2.79. The molecule has 0 amide bonds. The minimum Gasteiger partial charge on any atom is -0.432 e. The van der Waals surface area contributed by atoms with Crippen LogP contribution in [0.1, 0.15) is 16.7 Å². The molecule has 2 aromatic rings. The number of ether oxygens (including phenoxy) is 1. The first-order valence-corrected chi connectivity index (χ1v) is 6.00. The van der Waals surface area contributed by atoms with Gasteiger partial charge in [0, 0.05) is 17.8 Å².